The molecule has 1 heterocycles. The fourth-order valence-electron chi connectivity index (χ4n) is 1.72. The van der Waals surface area contributed by atoms with Crippen LogP contribution in [0.1, 0.15) is 19.6 Å². The normalized spacial score (nSPS) is 11.3. The Labute approximate surface area is 144 Å². The largest absolute Gasteiger partial charge is 0.450 e. The van der Waals surface area contributed by atoms with Crippen molar-refractivity contribution < 1.29 is 9.21 Å². The number of nitriles is 1. The molecule has 1 N–H and O–H groups in total. The molecule has 118 valence electrons. The van der Waals surface area contributed by atoms with E-state index in [0.717, 1.165) is 4.90 Å². The third-order valence-electron chi connectivity index (χ3n) is 2.71. The molecule has 4 nitrogen and oxygen atoms in total. The van der Waals surface area contributed by atoms with Crippen LogP contribution in [0.2, 0.25) is 5.02 Å². The molecule has 0 bridgehead atoms. The summed E-state index contributed by atoms with van der Waals surface area (Å²) in [5.41, 5.74) is 0.0103. The van der Waals surface area contributed by atoms with Gasteiger partial charge in [-0.05, 0) is 50.2 Å². The Morgan fingerprint density at radius 3 is 2.61 bits per heavy atom. The molecule has 23 heavy (non-hydrogen) atoms. The highest BCUT2D eigenvalue weighted by Gasteiger charge is 2.11. The fraction of sp³-hybridized carbons (Fsp3) is 0.176. The number of nitrogens with zero attached hydrogens (tertiary/aromatic N) is 1. The van der Waals surface area contributed by atoms with Gasteiger partial charge in [0.15, 0.2) is 5.09 Å². The molecule has 1 aromatic heterocycles. The predicted octanol–water partition coefficient (Wildman–Crippen LogP) is 4.52. The van der Waals surface area contributed by atoms with E-state index < -0.39 is 5.91 Å². The van der Waals surface area contributed by atoms with Crippen molar-refractivity contribution >= 4 is 35.3 Å². The molecule has 0 atom stereocenters. The van der Waals surface area contributed by atoms with Gasteiger partial charge in [0.2, 0.25) is 0 Å². The molecule has 1 aromatic carbocycles. The van der Waals surface area contributed by atoms with Crippen LogP contribution in [0.25, 0.3) is 6.08 Å². The summed E-state index contributed by atoms with van der Waals surface area (Å²) in [5, 5.41) is 13.1. The molecule has 0 saturated heterocycles. The van der Waals surface area contributed by atoms with Crippen molar-refractivity contribution in [3.63, 3.8) is 0 Å². The first-order valence-electron chi connectivity index (χ1n) is 6.94. The van der Waals surface area contributed by atoms with Crippen molar-refractivity contribution in [3.8, 4) is 6.07 Å². The summed E-state index contributed by atoms with van der Waals surface area (Å²) >= 11 is 7.28. The second-order valence-corrected chi connectivity index (χ2v) is 6.53. The number of halogens is 1. The second-order valence-electron chi connectivity index (χ2n) is 5.01. The zero-order valence-electron chi connectivity index (χ0n) is 12.7. The van der Waals surface area contributed by atoms with Crippen LogP contribution < -0.4 is 5.32 Å². The van der Waals surface area contributed by atoms with E-state index in [9.17, 15) is 4.79 Å². The first kappa shape index (κ1) is 17.2. The molecular formula is C17H15ClN2O2S. The van der Waals surface area contributed by atoms with Crippen molar-refractivity contribution in [1.29, 1.82) is 5.26 Å². The third kappa shape index (κ3) is 5.20. The fourth-order valence-corrected chi connectivity index (χ4v) is 2.62. The molecule has 0 radical (unpaired) electrons. The molecule has 0 spiro atoms. The summed E-state index contributed by atoms with van der Waals surface area (Å²) in [4.78, 5) is 12.8. The van der Waals surface area contributed by atoms with Gasteiger partial charge >= 0.3 is 0 Å². The van der Waals surface area contributed by atoms with Crippen molar-refractivity contribution in [2.24, 2.45) is 0 Å². The summed E-state index contributed by atoms with van der Waals surface area (Å²) in [5.74, 6) is 0.0442. The molecule has 1 amide bonds. The highest BCUT2D eigenvalue weighted by molar-refractivity contribution is 7.99. The zero-order chi connectivity index (χ0) is 16.8. The number of carbonyl (C=O) groups is 1. The van der Waals surface area contributed by atoms with Gasteiger partial charge in [0.1, 0.15) is 17.4 Å². The summed E-state index contributed by atoms with van der Waals surface area (Å²) < 4.78 is 5.63. The highest BCUT2D eigenvalue weighted by atomic mass is 35.5. The van der Waals surface area contributed by atoms with Gasteiger partial charge in [0.05, 0.1) is 0 Å². The van der Waals surface area contributed by atoms with Gasteiger partial charge in [-0.15, -0.1) is 0 Å². The molecule has 0 fully saturated rings. The Morgan fingerprint density at radius 2 is 2.00 bits per heavy atom. The van der Waals surface area contributed by atoms with E-state index in [1.165, 1.54) is 17.8 Å². The van der Waals surface area contributed by atoms with E-state index in [1.807, 2.05) is 32.0 Å². The number of furan rings is 1. The lowest BCUT2D eigenvalue weighted by Crippen LogP contribution is -2.30. The standard InChI is InChI=1S/C17H15ClN2O2S/c1-11(2)20-17(21)12(10-19)9-14-5-8-16(22-14)23-15-6-3-13(18)4-7-15/h3-9,11H,1-2H3,(H,20,21)/b12-9+. The molecule has 2 rings (SSSR count). The summed E-state index contributed by atoms with van der Waals surface area (Å²) in [7, 11) is 0. The number of hydrogen-bond acceptors (Lipinski definition) is 4. The van der Waals surface area contributed by atoms with Gasteiger partial charge in [-0.3, -0.25) is 4.79 Å². The van der Waals surface area contributed by atoms with E-state index in [1.54, 1.807) is 24.3 Å². The van der Waals surface area contributed by atoms with Crippen LogP contribution in [0.5, 0.6) is 0 Å². The van der Waals surface area contributed by atoms with Crippen LogP contribution in [0.15, 0.2) is 56.4 Å². The number of nitrogens with one attached hydrogen (secondary N) is 1. The van der Waals surface area contributed by atoms with Crippen LogP contribution in [0.4, 0.5) is 0 Å². The monoisotopic (exact) mass is 346 g/mol. The van der Waals surface area contributed by atoms with E-state index in [0.29, 0.717) is 15.9 Å². The van der Waals surface area contributed by atoms with E-state index in [2.05, 4.69) is 5.32 Å². The summed E-state index contributed by atoms with van der Waals surface area (Å²) in [6, 6.07) is 12.8. The minimum Gasteiger partial charge on any atom is -0.450 e. The molecule has 2 aromatic rings. The van der Waals surface area contributed by atoms with Crippen LogP contribution in [0.3, 0.4) is 0 Å². The number of hydrogen-bond donors (Lipinski definition) is 1. The molecule has 0 saturated carbocycles. The quantitative estimate of drug-likeness (QED) is 0.638. The minimum absolute atomic E-state index is 0.0103. The minimum atomic E-state index is -0.411. The number of benzene rings is 1. The molecule has 0 aliphatic carbocycles. The number of amides is 1. The van der Waals surface area contributed by atoms with Crippen molar-refractivity contribution in [2.75, 3.05) is 0 Å². The van der Waals surface area contributed by atoms with E-state index in [-0.39, 0.29) is 11.6 Å². The predicted molar refractivity (Wildman–Crippen MR) is 91.2 cm³/mol. The lowest BCUT2D eigenvalue weighted by molar-refractivity contribution is -0.117. The van der Waals surface area contributed by atoms with Crippen LogP contribution in [-0.4, -0.2) is 11.9 Å². The average molecular weight is 347 g/mol. The maximum atomic E-state index is 11.9. The molecular weight excluding hydrogens is 332 g/mol. The Hall–Kier alpha value is -2.16. The average Bonchev–Trinajstić information content (AvgIpc) is 2.93. The SMILES string of the molecule is CC(C)NC(=O)/C(C#N)=C/c1ccc(Sc2ccc(Cl)cc2)o1. The Kier molecular flexibility index (Phi) is 5.91. The molecule has 0 unspecified atom stereocenters. The zero-order valence-corrected chi connectivity index (χ0v) is 14.2. The van der Waals surface area contributed by atoms with Crippen LogP contribution >= 0.6 is 23.4 Å². The number of carbonyl (C=O) groups excluding carboxylic acids is 1. The van der Waals surface area contributed by atoms with Gasteiger partial charge in [-0.25, -0.2) is 0 Å². The smallest absolute Gasteiger partial charge is 0.262 e. The Balaban J connectivity index is 2.11. The maximum Gasteiger partial charge on any atom is 0.262 e. The molecule has 6 heteroatoms. The summed E-state index contributed by atoms with van der Waals surface area (Å²) in [6.07, 6.45) is 1.43. The Morgan fingerprint density at radius 1 is 1.30 bits per heavy atom. The van der Waals surface area contributed by atoms with Gasteiger partial charge in [-0.2, -0.15) is 5.26 Å². The third-order valence-corrected chi connectivity index (χ3v) is 3.89. The molecule has 0 aliphatic rings. The Bertz CT molecular complexity index is 758. The lowest BCUT2D eigenvalue weighted by atomic mass is 10.2. The summed E-state index contributed by atoms with van der Waals surface area (Å²) in [6.45, 7) is 3.67. The molecule has 0 aliphatic heterocycles. The number of rotatable bonds is 5. The van der Waals surface area contributed by atoms with E-state index >= 15 is 0 Å². The van der Waals surface area contributed by atoms with Crippen LogP contribution in [-0.2, 0) is 4.79 Å². The topological polar surface area (TPSA) is 66.0 Å². The van der Waals surface area contributed by atoms with Crippen molar-refractivity contribution in [2.45, 2.75) is 29.9 Å². The van der Waals surface area contributed by atoms with Crippen molar-refractivity contribution in [3.05, 3.63) is 52.8 Å². The van der Waals surface area contributed by atoms with Gasteiger partial charge in [0, 0.05) is 22.0 Å². The van der Waals surface area contributed by atoms with Crippen LogP contribution in [0, 0.1) is 11.3 Å². The highest BCUT2D eigenvalue weighted by Crippen LogP contribution is 2.30. The van der Waals surface area contributed by atoms with Gasteiger partial charge in [-0.1, -0.05) is 23.4 Å². The van der Waals surface area contributed by atoms with Gasteiger partial charge < -0.3 is 9.73 Å². The first-order chi connectivity index (χ1) is 11.0. The maximum absolute atomic E-state index is 11.9. The second kappa shape index (κ2) is 7.91. The van der Waals surface area contributed by atoms with Crippen molar-refractivity contribution in [1.82, 2.24) is 5.32 Å². The van der Waals surface area contributed by atoms with E-state index in [4.69, 9.17) is 21.3 Å². The van der Waals surface area contributed by atoms with Gasteiger partial charge in [0.25, 0.3) is 5.91 Å². The first-order valence-corrected chi connectivity index (χ1v) is 8.13. The lowest BCUT2D eigenvalue weighted by Gasteiger charge is -2.06.